The molecule has 0 fully saturated rings. The maximum Gasteiger partial charge on any atom is 0.243 e. The van der Waals surface area contributed by atoms with Gasteiger partial charge in [-0.3, -0.25) is 0 Å². The lowest BCUT2D eigenvalue weighted by atomic mass is 10.4. The van der Waals surface area contributed by atoms with Crippen molar-refractivity contribution in [3.63, 3.8) is 0 Å². The van der Waals surface area contributed by atoms with E-state index in [1.807, 2.05) is 13.8 Å². The average Bonchev–Trinajstić information content (AvgIpc) is 2.22. The predicted octanol–water partition coefficient (Wildman–Crippen LogP) is 1.49. The molecule has 0 amide bonds. The minimum Gasteiger partial charge on any atom is -0.237 e. The SMILES string of the molecule is CC.Cc1c(C)[n+](C)cn1C. The lowest BCUT2D eigenvalue weighted by Gasteiger charge is -1.84. The van der Waals surface area contributed by atoms with Crippen LogP contribution in [0.3, 0.4) is 0 Å². The van der Waals surface area contributed by atoms with Gasteiger partial charge in [0.05, 0.1) is 14.1 Å². The third-order valence-electron chi connectivity index (χ3n) is 1.93. The molecule has 1 rings (SSSR count). The molecule has 0 N–H and O–H groups in total. The smallest absolute Gasteiger partial charge is 0.237 e. The van der Waals surface area contributed by atoms with Crippen LogP contribution in [0.4, 0.5) is 0 Å². The average molecular weight is 155 g/mol. The number of imidazole rings is 1. The summed E-state index contributed by atoms with van der Waals surface area (Å²) in [5.41, 5.74) is 2.66. The first-order valence-corrected chi connectivity index (χ1v) is 4.11. The Bertz CT molecular complexity index is 201. The van der Waals surface area contributed by atoms with Gasteiger partial charge in [-0.05, 0) is 0 Å². The van der Waals surface area contributed by atoms with Crippen molar-refractivity contribution in [3.8, 4) is 0 Å². The number of nitrogens with zero attached hydrogens (tertiary/aromatic N) is 2. The first-order valence-electron chi connectivity index (χ1n) is 4.11. The van der Waals surface area contributed by atoms with Gasteiger partial charge in [-0.2, -0.15) is 0 Å². The van der Waals surface area contributed by atoms with Crippen molar-refractivity contribution in [2.75, 3.05) is 0 Å². The molecule has 2 nitrogen and oxygen atoms in total. The molecule has 11 heavy (non-hydrogen) atoms. The molecular weight excluding hydrogens is 136 g/mol. The summed E-state index contributed by atoms with van der Waals surface area (Å²) in [6.07, 6.45) is 2.07. The second-order valence-electron chi connectivity index (χ2n) is 2.51. The van der Waals surface area contributed by atoms with Crippen LogP contribution in [0.1, 0.15) is 25.2 Å². The first kappa shape index (κ1) is 10.2. The molecule has 0 bridgehead atoms. The summed E-state index contributed by atoms with van der Waals surface area (Å²) in [7, 11) is 4.12. The molecule has 0 aliphatic rings. The van der Waals surface area contributed by atoms with Gasteiger partial charge in [-0.15, -0.1) is 0 Å². The Morgan fingerprint density at radius 3 is 1.82 bits per heavy atom. The van der Waals surface area contributed by atoms with Crippen LogP contribution >= 0.6 is 0 Å². The van der Waals surface area contributed by atoms with Crippen LogP contribution < -0.4 is 4.57 Å². The summed E-state index contributed by atoms with van der Waals surface area (Å²) in [6, 6.07) is 0. The van der Waals surface area contributed by atoms with E-state index in [9.17, 15) is 0 Å². The van der Waals surface area contributed by atoms with Crippen molar-refractivity contribution in [2.45, 2.75) is 27.7 Å². The van der Waals surface area contributed by atoms with Gasteiger partial charge in [0.25, 0.3) is 0 Å². The van der Waals surface area contributed by atoms with Crippen molar-refractivity contribution in [3.05, 3.63) is 17.7 Å². The number of aromatic nitrogens is 2. The summed E-state index contributed by atoms with van der Waals surface area (Å²) in [6.45, 7) is 8.24. The molecule has 0 unspecified atom stereocenters. The zero-order chi connectivity index (χ0) is 9.02. The minimum atomic E-state index is 1.33. The highest BCUT2D eigenvalue weighted by Gasteiger charge is 2.07. The Morgan fingerprint density at radius 2 is 1.73 bits per heavy atom. The molecule has 0 aliphatic carbocycles. The molecule has 1 aromatic rings. The molecule has 0 saturated heterocycles. The normalized spacial score (nSPS) is 8.91. The van der Waals surface area contributed by atoms with Gasteiger partial charge in [0.15, 0.2) is 0 Å². The highest BCUT2D eigenvalue weighted by Crippen LogP contribution is 1.97. The van der Waals surface area contributed by atoms with Crippen LogP contribution in [0.15, 0.2) is 6.33 Å². The van der Waals surface area contributed by atoms with Gasteiger partial charge in [-0.1, -0.05) is 13.8 Å². The highest BCUT2D eigenvalue weighted by atomic mass is 15.1. The molecule has 0 spiro atoms. The Balaban J connectivity index is 0.000000461. The Morgan fingerprint density at radius 1 is 1.27 bits per heavy atom. The van der Waals surface area contributed by atoms with Crippen LogP contribution in [0.25, 0.3) is 0 Å². The minimum absolute atomic E-state index is 1.33. The highest BCUT2D eigenvalue weighted by molar-refractivity contribution is 5.01. The van der Waals surface area contributed by atoms with Crippen molar-refractivity contribution in [1.29, 1.82) is 0 Å². The molecule has 1 aromatic heterocycles. The molecule has 1 heterocycles. The van der Waals surface area contributed by atoms with Gasteiger partial charge in [0, 0.05) is 13.8 Å². The summed E-state index contributed by atoms with van der Waals surface area (Å²) < 4.78 is 4.24. The number of hydrogen-bond donors (Lipinski definition) is 0. The summed E-state index contributed by atoms with van der Waals surface area (Å²) >= 11 is 0. The van der Waals surface area contributed by atoms with Gasteiger partial charge in [0.1, 0.15) is 11.4 Å². The van der Waals surface area contributed by atoms with Crippen LogP contribution in [-0.2, 0) is 14.1 Å². The van der Waals surface area contributed by atoms with Crippen LogP contribution in [0.2, 0.25) is 0 Å². The van der Waals surface area contributed by atoms with Gasteiger partial charge in [-0.25, -0.2) is 9.13 Å². The molecule has 64 valence electrons. The third-order valence-corrected chi connectivity index (χ3v) is 1.93. The molecule has 2 heteroatoms. The Labute approximate surface area is 69.5 Å². The molecule has 0 aliphatic heterocycles. The van der Waals surface area contributed by atoms with E-state index < -0.39 is 0 Å². The van der Waals surface area contributed by atoms with Crippen molar-refractivity contribution in [2.24, 2.45) is 14.1 Å². The van der Waals surface area contributed by atoms with E-state index in [1.165, 1.54) is 11.4 Å². The lowest BCUT2D eigenvalue weighted by Crippen LogP contribution is -2.28. The molecule has 0 radical (unpaired) electrons. The number of rotatable bonds is 0. The molecule has 0 aromatic carbocycles. The zero-order valence-corrected chi connectivity index (χ0v) is 8.47. The van der Waals surface area contributed by atoms with Crippen molar-refractivity contribution in [1.82, 2.24) is 4.57 Å². The molecular formula is C9H19N2+. The van der Waals surface area contributed by atoms with E-state index in [2.05, 4.69) is 43.4 Å². The Kier molecular flexibility index (Phi) is 3.86. The monoisotopic (exact) mass is 155 g/mol. The fourth-order valence-electron chi connectivity index (χ4n) is 0.943. The quantitative estimate of drug-likeness (QED) is 0.502. The van der Waals surface area contributed by atoms with Gasteiger partial charge >= 0.3 is 0 Å². The van der Waals surface area contributed by atoms with E-state index in [4.69, 9.17) is 0 Å². The lowest BCUT2D eigenvalue weighted by molar-refractivity contribution is -0.677. The molecule has 0 atom stereocenters. The Hall–Kier alpha value is -0.790. The van der Waals surface area contributed by atoms with E-state index in [0.29, 0.717) is 0 Å². The van der Waals surface area contributed by atoms with Crippen LogP contribution in [0, 0.1) is 13.8 Å². The second-order valence-corrected chi connectivity index (χ2v) is 2.51. The van der Waals surface area contributed by atoms with Crippen molar-refractivity contribution >= 4 is 0 Å². The van der Waals surface area contributed by atoms with Gasteiger partial charge in [0.2, 0.25) is 6.33 Å². The topological polar surface area (TPSA) is 8.81 Å². The summed E-state index contributed by atoms with van der Waals surface area (Å²) in [5, 5.41) is 0. The van der Waals surface area contributed by atoms with Crippen LogP contribution in [-0.4, -0.2) is 4.57 Å². The fourth-order valence-corrected chi connectivity index (χ4v) is 0.943. The van der Waals surface area contributed by atoms with E-state index in [0.717, 1.165) is 0 Å². The maximum atomic E-state index is 2.12. The zero-order valence-electron chi connectivity index (χ0n) is 8.47. The number of aryl methyl sites for hydroxylation is 2. The predicted molar refractivity (Wildman–Crippen MR) is 47.4 cm³/mol. The number of hydrogen-bond acceptors (Lipinski definition) is 0. The standard InChI is InChI=1S/C7H13N2.C2H6/c1-6-7(2)9(4)5-8(6)3;1-2/h5H,1-4H3;1-2H3/q+1;. The van der Waals surface area contributed by atoms with E-state index in [1.54, 1.807) is 0 Å². The third kappa shape index (κ3) is 2.07. The fraction of sp³-hybridized carbons (Fsp3) is 0.667. The molecule has 0 saturated carbocycles. The van der Waals surface area contributed by atoms with E-state index in [-0.39, 0.29) is 0 Å². The maximum absolute atomic E-state index is 2.12. The summed E-state index contributed by atoms with van der Waals surface area (Å²) in [5.74, 6) is 0. The summed E-state index contributed by atoms with van der Waals surface area (Å²) in [4.78, 5) is 0. The first-order chi connectivity index (χ1) is 5.13. The van der Waals surface area contributed by atoms with Crippen molar-refractivity contribution < 1.29 is 4.57 Å². The second kappa shape index (κ2) is 4.16. The van der Waals surface area contributed by atoms with E-state index >= 15 is 0 Å². The largest absolute Gasteiger partial charge is 0.243 e. The van der Waals surface area contributed by atoms with Gasteiger partial charge < -0.3 is 0 Å². The van der Waals surface area contributed by atoms with Crippen LogP contribution in [0.5, 0.6) is 0 Å².